The molecular formula is C32H37NO4. The van der Waals surface area contributed by atoms with Gasteiger partial charge in [0, 0.05) is 28.9 Å². The molecule has 7 aliphatic rings. The molecule has 0 aromatic heterocycles. The van der Waals surface area contributed by atoms with Gasteiger partial charge in [-0.2, -0.15) is 0 Å². The van der Waals surface area contributed by atoms with Crippen LogP contribution in [0.15, 0.2) is 54.6 Å². The van der Waals surface area contributed by atoms with E-state index in [0.717, 1.165) is 55.7 Å². The second-order valence-corrected chi connectivity index (χ2v) is 12.9. The Hall–Kier alpha value is -2.34. The van der Waals surface area contributed by atoms with Crippen molar-refractivity contribution in [2.75, 3.05) is 20.2 Å². The van der Waals surface area contributed by atoms with Crippen LogP contribution < -0.4 is 9.47 Å². The van der Waals surface area contributed by atoms with E-state index < -0.39 is 22.7 Å². The highest BCUT2D eigenvalue weighted by Crippen LogP contribution is 2.83. The quantitative estimate of drug-likeness (QED) is 0.461. The monoisotopic (exact) mass is 499 g/mol. The summed E-state index contributed by atoms with van der Waals surface area (Å²) >= 11 is 0. The molecule has 3 fully saturated rings. The lowest BCUT2D eigenvalue weighted by molar-refractivity contribution is -0.226. The predicted octanol–water partition coefficient (Wildman–Crippen LogP) is 4.18. The average molecular weight is 500 g/mol. The Morgan fingerprint density at radius 2 is 1.92 bits per heavy atom. The number of likely N-dealkylation sites (tertiary alicyclic amines) is 1. The number of hydrogen-bond acceptors (Lipinski definition) is 5. The van der Waals surface area contributed by atoms with Crippen LogP contribution >= 0.6 is 0 Å². The van der Waals surface area contributed by atoms with Crippen LogP contribution in [0, 0.1) is 10.8 Å². The number of ether oxygens (including phenoxy) is 2. The molecule has 0 radical (unpaired) electrons. The van der Waals surface area contributed by atoms with Crippen molar-refractivity contribution < 1.29 is 19.7 Å². The van der Waals surface area contributed by atoms with Crippen molar-refractivity contribution in [3.63, 3.8) is 0 Å². The molecule has 5 heteroatoms. The number of rotatable bonds is 6. The van der Waals surface area contributed by atoms with Crippen molar-refractivity contribution in [1.82, 2.24) is 4.90 Å². The SMILES string of the molecule is CCCCOc1ccc2c3c1O[C@@H]1[C@]34CCN(C)[C@H](C2)[C@]42C=C[C@@]1(O)[C@]1(C[C@@]1(O)Cc1ccccc1)C2. The van der Waals surface area contributed by atoms with E-state index in [9.17, 15) is 10.2 Å². The van der Waals surface area contributed by atoms with Crippen LogP contribution in [0.2, 0.25) is 0 Å². The average Bonchev–Trinajstić information content (AvgIpc) is 3.27. The second-order valence-electron chi connectivity index (χ2n) is 12.9. The number of aliphatic hydroxyl groups is 2. The van der Waals surface area contributed by atoms with Crippen molar-refractivity contribution in [3.05, 3.63) is 71.3 Å². The van der Waals surface area contributed by atoms with Gasteiger partial charge in [0.05, 0.1) is 17.6 Å². The molecule has 37 heavy (non-hydrogen) atoms. The van der Waals surface area contributed by atoms with Gasteiger partial charge in [-0.3, -0.25) is 0 Å². The molecule has 5 aliphatic carbocycles. The standard InChI is InChI=1S/C32H37NO4/c1-3-4-16-36-23-11-10-22-17-24-28-12-13-32(35,27-31(28,14-15-33(24)2)25(22)26(23)37-27)29(19-28)20-30(29,34)18-21-8-6-5-7-9-21/h5-13,24,27,34-35H,3-4,14-20H2,1-2H3/t24-,27-,28-,29+,30+,31+,32+/m1/s1. The third kappa shape index (κ3) is 2.40. The van der Waals surface area contributed by atoms with Gasteiger partial charge in [-0.15, -0.1) is 0 Å². The first-order valence-electron chi connectivity index (χ1n) is 14.2. The Balaban J connectivity index is 1.29. The Morgan fingerprint density at radius 1 is 1.08 bits per heavy atom. The Morgan fingerprint density at radius 3 is 2.73 bits per heavy atom. The molecule has 2 aromatic carbocycles. The Kier molecular flexibility index (Phi) is 4.28. The lowest BCUT2D eigenvalue weighted by Gasteiger charge is -2.71. The van der Waals surface area contributed by atoms with Crippen LogP contribution in [0.4, 0.5) is 0 Å². The van der Waals surface area contributed by atoms with E-state index in [4.69, 9.17) is 9.47 Å². The molecule has 0 amide bonds. The summed E-state index contributed by atoms with van der Waals surface area (Å²) in [6.45, 7) is 3.83. The number of nitrogens with zero attached hydrogens (tertiary/aromatic N) is 1. The zero-order valence-electron chi connectivity index (χ0n) is 21.9. The van der Waals surface area contributed by atoms with E-state index >= 15 is 0 Å². The fraction of sp³-hybridized carbons (Fsp3) is 0.562. The van der Waals surface area contributed by atoms with Crippen LogP contribution in [0.3, 0.4) is 0 Å². The summed E-state index contributed by atoms with van der Waals surface area (Å²) in [5, 5.41) is 24.9. The smallest absolute Gasteiger partial charge is 0.166 e. The third-order valence-electron chi connectivity index (χ3n) is 11.4. The lowest BCUT2D eigenvalue weighted by Crippen LogP contribution is -2.80. The zero-order valence-corrected chi connectivity index (χ0v) is 21.9. The van der Waals surface area contributed by atoms with Crippen LogP contribution in [0.1, 0.15) is 55.7 Å². The first-order chi connectivity index (χ1) is 17.8. The van der Waals surface area contributed by atoms with Gasteiger partial charge in [-0.05, 0) is 62.9 Å². The number of unbranched alkanes of at least 4 members (excludes halogenated alkanes) is 1. The Labute approximate surface area is 219 Å². The molecule has 2 saturated carbocycles. The van der Waals surface area contributed by atoms with Crippen molar-refractivity contribution >= 4 is 0 Å². The minimum Gasteiger partial charge on any atom is -0.490 e. The molecule has 3 spiro atoms. The zero-order chi connectivity index (χ0) is 25.3. The molecule has 5 nitrogen and oxygen atoms in total. The van der Waals surface area contributed by atoms with Gasteiger partial charge >= 0.3 is 0 Å². The van der Waals surface area contributed by atoms with Gasteiger partial charge in [0.2, 0.25) is 0 Å². The molecule has 4 bridgehead atoms. The van der Waals surface area contributed by atoms with Gasteiger partial charge < -0.3 is 24.6 Å². The minimum absolute atomic E-state index is 0.184. The molecule has 9 rings (SSSR count). The van der Waals surface area contributed by atoms with Crippen molar-refractivity contribution in [2.45, 2.75) is 80.6 Å². The van der Waals surface area contributed by atoms with Crippen molar-refractivity contribution in [3.8, 4) is 11.5 Å². The van der Waals surface area contributed by atoms with Crippen LogP contribution in [0.5, 0.6) is 11.5 Å². The summed E-state index contributed by atoms with van der Waals surface area (Å²) in [4.78, 5) is 2.53. The number of piperidine rings is 1. The third-order valence-corrected chi connectivity index (χ3v) is 11.4. The summed E-state index contributed by atoms with van der Waals surface area (Å²) in [5.74, 6) is 1.67. The first-order valence-corrected chi connectivity index (χ1v) is 14.2. The highest BCUT2D eigenvalue weighted by Gasteiger charge is 2.89. The van der Waals surface area contributed by atoms with E-state index in [1.807, 2.05) is 24.3 Å². The highest BCUT2D eigenvalue weighted by atomic mass is 16.5. The van der Waals surface area contributed by atoms with E-state index in [2.05, 4.69) is 49.2 Å². The Bertz CT molecular complexity index is 1330. The number of hydrogen-bond donors (Lipinski definition) is 2. The molecule has 0 unspecified atom stereocenters. The van der Waals surface area contributed by atoms with E-state index in [-0.39, 0.29) is 10.8 Å². The normalized spacial score (nSPS) is 43.6. The topological polar surface area (TPSA) is 62.2 Å². The fourth-order valence-corrected chi connectivity index (χ4v) is 9.72. The van der Waals surface area contributed by atoms with Crippen LogP contribution in [0.25, 0.3) is 0 Å². The fourth-order valence-electron chi connectivity index (χ4n) is 9.72. The summed E-state index contributed by atoms with van der Waals surface area (Å²) in [6.07, 6.45) is 9.93. The largest absolute Gasteiger partial charge is 0.490 e. The van der Waals surface area contributed by atoms with E-state index in [1.54, 1.807) is 0 Å². The summed E-state index contributed by atoms with van der Waals surface area (Å²) in [6, 6.07) is 14.9. The maximum atomic E-state index is 12.7. The molecule has 7 atom stereocenters. The van der Waals surface area contributed by atoms with E-state index in [1.165, 1.54) is 11.1 Å². The van der Waals surface area contributed by atoms with Crippen molar-refractivity contribution in [1.29, 1.82) is 0 Å². The summed E-state index contributed by atoms with van der Waals surface area (Å²) in [5.41, 5.74) is 0.490. The van der Waals surface area contributed by atoms with E-state index in [0.29, 0.717) is 25.5 Å². The summed E-state index contributed by atoms with van der Waals surface area (Å²) in [7, 11) is 2.25. The molecule has 2 heterocycles. The van der Waals surface area contributed by atoms with Gasteiger partial charge in [-0.25, -0.2) is 0 Å². The summed E-state index contributed by atoms with van der Waals surface area (Å²) < 4.78 is 13.3. The number of benzene rings is 2. The molecule has 2 N–H and O–H groups in total. The molecular weight excluding hydrogens is 462 g/mol. The second kappa shape index (κ2) is 6.99. The minimum atomic E-state index is -1.23. The lowest BCUT2D eigenvalue weighted by atomic mass is 9.36. The highest BCUT2D eigenvalue weighted by molar-refractivity contribution is 5.66. The molecule has 2 aromatic rings. The van der Waals surface area contributed by atoms with Gasteiger partial charge in [0.15, 0.2) is 11.5 Å². The van der Waals surface area contributed by atoms with Crippen LogP contribution in [-0.2, 0) is 18.3 Å². The van der Waals surface area contributed by atoms with Gasteiger partial charge in [0.1, 0.15) is 11.7 Å². The molecule has 1 saturated heterocycles. The van der Waals surface area contributed by atoms with Gasteiger partial charge in [0.25, 0.3) is 0 Å². The number of likely N-dealkylation sites (N-methyl/N-ethyl adjacent to an activating group) is 1. The van der Waals surface area contributed by atoms with Crippen LogP contribution in [-0.4, -0.2) is 58.7 Å². The molecule has 194 valence electrons. The molecule has 2 aliphatic heterocycles. The first kappa shape index (κ1) is 22.6. The maximum absolute atomic E-state index is 12.7. The van der Waals surface area contributed by atoms with Gasteiger partial charge in [-0.1, -0.05) is 61.9 Å². The van der Waals surface area contributed by atoms with Crippen molar-refractivity contribution in [2.24, 2.45) is 10.8 Å². The maximum Gasteiger partial charge on any atom is 0.166 e. The predicted molar refractivity (Wildman–Crippen MR) is 141 cm³/mol.